The number of nitriles is 1. The third-order valence-electron chi connectivity index (χ3n) is 1.85. The summed E-state index contributed by atoms with van der Waals surface area (Å²) in [6, 6.07) is 5.03. The molecule has 0 fully saturated rings. The molecule has 4 nitrogen and oxygen atoms in total. The molecule has 0 unspecified atom stereocenters. The van der Waals surface area contributed by atoms with Crippen LogP contribution in [0.15, 0.2) is 18.2 Å². The van der Waals surface area contributed by atoms with Crippen LogP contribution in [0.3, 0.4) is 0 Å². The average Bonchev–Trinajstić information content (AvgIpc) is 2.29. The van der Waals surface area contributed by atoms with Gasteiger partial charge in [-0.05, 0) is 0 Å². The van der Waals surface area contributed by atoms with Gasteiger partial charge in [-0.3, -0.25) is 0 Å². The predicted molar refractivity (Wildman–Crippen MR) is 62.4 cm³/mol. The van der Waals surface area contributed by atoms with E-state index in [-0.39, 0.29) is 15.0 Å². The van der Waals surface area contributed by atoms with Crippen LogP contribution >= 0.6 is 0 Å². The quantitative estimate of drug-likeness (QED) is 0.500. The molecule has 0 saturated carbocycles. The molecule has 0 radical (unpaired) electrons. The second kappa shape index (κ2) is 6.16. The van der Waals surface area contributed by atoms with E-state index in [2.05, 4.69) is 4.97 Å². The summed E-state index contributed by atoms with van der Waals surface area (Å²) in [6.07, 6.45) is 0.771. The number of esters is 1. The summed E-state index contributed by atoms with van der Waals surface area (Å²) in [6.45, 7) is 2.30. The Labute approximate surface area is 101 Å². The van der Waals surface area contributed by atoms with Gasteiger partial charge in [0.25, 0.3) is 0 Å². The van der Waals surface area contributed by atoms with Crippen molar-refractivity contribution in [2.45, 2.75) is 13.3 Å². The number of rotatable bonds is 4. The van der Waals surface area contributed by atoms with E-state index in [0.29, 0.717) is 17.9 Å². The van der Waals surface area contributed by atoms with Crippen LogP contribution in [0.2, 0.25) is 0 Å². The minimum absolute atomic E-state index is 0.284. The molecule has 0 aromatic heterocycles. The van der Waals surface area contributed by atoms with Gasteiger partial charge in [-0.2, -0.15) is 0 Å². The predicted octanol–water partition coefficient (Wildman–Crippen LogP) is 0.646. The topological polar surface area (TPSA) is 76.1 Å². The molecule has 5 heteroatoms. The molecule has 84 valence electrons. The Kier molecular flexibility index (Phi) is 4.84. The molecule has 1 aromatic carbocycles. The van der Waals surface area contributed by atoms with E-state index in [1.165, 1.54) is 0 Å². The summed E-state index contributed by atoms with van der Waals surface area (Å²) in [7, 11) is 0. The van der Waals surface area contributed by atoms with Crippen LogP contribution in [-0.2, 0) is 4.74 Å². The third kappa shape index (κ3) is 3.27. The summed E-state index contributed by atoms with van der Waals surface area (Å²) in [5.74, 6) is -0.421. The number of carbonyl (C=O) groups is 1. The molecular weight excluding hydrogens is 271 g/mol. The first kappa shape index (κ1) is 12.6. The van der Waals surface area contributed by atoms with Gasteiger partial charge in [-0.15, -0.1) is 0 Å². The summed E-state index contributed by atoms with van der Waals surface area (Å²) in [4.78, 5) is 13.7. The Bertz CT molecular complexity index is 426. The number of nitrogen functional groups attached to an aromatic ring is 1. The Balaban J connectivity index is 2.89. The molecule has 1 rings (SSSR count). The van der Waals surface area contributed by atoms with Crippen molar-refractivity contribution < 1.29 is 9.53 Å². The molecule has 0 amide bonds. The maximum absolute atomic E-state index is 11.6. The molecule has 0 heterocycles. The zero-order valence-electron chi connectivity index (χ0n) is 8.90. The SMILES string of the molecule is CCCOC(=O)c1cc([Se]C#N)ccc1N. The van der Waals surface area contributed by atoms with Gasteiger partial charge in [-0.25, -0.2) is 0 Å². The molecule has 1 aromatic rings. The number of nitrogens with two attached hydrogens (primary N) is 1. The fourth-order valence-corrected chi connectivity index (χ4v) is 1.98. The number of ether oxygens (including phenoxy) is 1. The normalized spacial score (nSPS) is 9.50. The molecular formula is C11H12N2O2Se. The molecule has 0 atom stereocenters. The van der Waals surface area contributed by atoms with Gasteiger partial charge < -0.3 is 0 Å². The third-order valence-corrected chi connectivity index (χ3v) is 3.06. The molecule has 0 aliphatic rings. The zero-order valence-corrected chi connectivity index (χ0v) is 10.6. The van der Waals surface area contributed by atoms with Gasteiger partial charge >= 0.3 is 100 Å². The van der Waals surface area contributed by atoms with Gasteiger partial charge in [0, 0.05) is 0 Å². The molecule has 0 saturated heterocycles. The van der Waals surface area contributed by atoms with Crippen molar-refractivity contribution in [2.75, 3.05) is 12.3 Å². The second-order valence-corrected chi connectivity index (χ2v) is 4.88. The first-order valence-electron chi connectivity index (χ1n) is 4.81. The van der Waals surface area contributed by atoms with Crippen molar-refractivity contribution in [3.63, 3.8) is 0 Å². The number of hydrogen-bond acceptors (Lipinski definition) is 4. The van der Waals surface area contributed by atoms with Crippen LogP contribution in [0.1, 0.15) is 23.7 Å². The van der Waals surface area contributed by atoms with E-state index in [1.54, 1.807) is 18.2 Å². The van der Waals surface area contributed by atoms with E-state index in [4.69, 9.17) is 15.7 Å². The van der Waals surface area contributed by atoms with Gasteiger partial charge in [0.1, 0.15) is 0 Å². The van der Waals surface area contributed by atoms with Crippen molar-refractivity contribution in [3.05, 3.63) is 23.8 Å². The van der Waals surface area contributed by atoms with Crippen molar-refractivity contribution in [1.29, 1.82) is 5.26 Å². The van der Waals surface area contributed by atoms with Crippen molar-refractivity contribution >= 4 is 31.1 Å². The number of nitrogens with zero attached hydrogens (tertiary/aromatic N) is 1. The molecule has 2 N–H and O–H groups in total. The molecule has 0 aliphatic heterocycles. The summed E-state index contributed by atoms with van der Waals surface area (Å²) in [5.41, 5.74) is 6.42. The Morgan fingerprint density at radius 3 is 3.00 bits per heavy atom. The maximum atomic E-state index is 11.6. The second-order valence-electron chi connectivity index (χ2n) is 3.08. The van der Waals surface area contributed by atoms with Crippen LogP contribution in [0.4, 0.5) is 5.69 Å². The molecule has 0 aliphatic carbocycles. The minimum atomic E-state index is -0.421. The summed E-state index contributed by atoms with van der Waals surface area (Å²) < 4.78 is 5.82. The Hall–Kier alpha value is -1.50. The monoisotopic (exact) mass is 284 g/mol. The fourth-order valence-electron chi connectivity index (χ4n) is 1.10. The van der Waals surface area contributed by atoms with Gasteiger partial charge in [0.05, 0.1) is 0 Å². The van der Waals surface area contributed by atoms with E-state index in [0.717, 1.165) is 10.9 Å². The van der Waals surface area contributed by atoms with Crippen LogP contribution in [0, 0.1) is 10.2 Å². The zero-order chi connectivity index (χ0) is 12.0. The summed E-state index contributed by atoms with van der Waals surface area (Å²) >= 11 is -0.284. The van der Waals surface area contributed by atoms with Gasteiger partial charge in [0.2, 0.25) is 0 Å². The van der Waals surface area contributed by atoms with Gasteiger partial charge in [-0.1, -0.05) is 0 Å². The molecule has 0 bridgehead atoms. The fraction of sp³-hybridized carbons (Fsp3) is 0.273. The van der Waals surface area contributed by atoms with Crippen LogP contribution in [0.25, 0.3) is 0 Å². The van der Waals surface area contributed by atoms with Crippen LogP contribution in [0.5, 0.6) is 0 Å². The number of anilines is 1. The Morgan fingerprint density at radius 1 is 1.62 bits per heavy atom. The number of carbonyl (C=O) groups excluding carboxylic acids is 1. The van der Waals surface area contributed by atoms with E-state index in [9.17, 15) is 4.79 Å². The van der Waals surface area contributed by atoms with Crippen LogP contribution in [-0.4, -0.2) is 27.5 Å². The van der Waals surface area contributed by atoms with Crippen molar-refractivity contribution in [1.82, 2.24) is 0 Å². The first-order chi connectivity index (χ1) is 7.69. The standard InChI is InChI=1S/C11H12N2O2Se/c1-2-5-15-11(14)9-6-8(16-7-12)3-4-10(9)13/h3-4,6H,2,5,13H2,1H3. The number of benzene rings is 1. The first-order valence-corrected chi connectivity index (χ1v) is 6.53. The van der Waals surface area contributed by atoms with E-state index >= 15 is 0 Å². The van der Waals surface area contributed by atoms with Gasteiger partial charge in [0.15, 0.2) is 0 Å². The van der Waals surface area contributed by atoms with Crippen LogP contribution < -0.4 is 10.2 Å². The van der Waals surface area contributed by atoms with Crippen molar-refractivity contribution in [3.8, 4) is 4.97 Å². The average molecular weight is 283 g/mol. The van der Waals surface area contributed by atoms with E-state index in [1.807, 2.05) is 6.92 Å². The van der Waals surface area contributed by atoms with E-state index < -0.39 is 5.97 Å². The van der Waals surface area contributed by atoms with Crippen molar-refractivity contribution in [2.24, 2.45) is 0 Å². The molecule has 16 heavy (non-hydrogen) atoms. The number of hydrogen-bond donors (Lipinski definition) is 1. The summed E-state index contributed by atoms with van der Waals surface area (Å²) in [5, 5.41) is 8.59. The Morgan fingerprint density at radius 2 is 2.38 bits per heavy atom. The molecule has 0 spiro atoms.